The number of anilines is 1. The number of rotatable bonds is 4. The van der Waals surface area contributed by atoms with Crippen LogP contribution >= 0.6 is 0 Å². The maximum Gasteiger partial charge on any atom is 0.251 e. The third-order valence-corrected chi connectivity index (χ3v) is 4.65. The van der Waals surface area contributed by atoms with E-state index in [-0.39, 0.29) is 23.8 Å². The van der Waals surface area contributed by atoms with Crippen LogP contribution in [0.3, 0.4) is 0 Å². The van der Waals surface area contributed by atoms with E-state index in [1.165, 1.54) is 0 Å². The number of pyridine rings is 1. The zero-order valence-corrected chi connectivity index (χ0v) is 15.2. The van der Waals surface area contributed by atoms with Crippen LogP contribution in [0.4, 0.5) is 5.69 Å². The molecule has 0 aliphatic rings. The molecule has 4 aromatic rings. The molecule has 2 aromatic carbocycles. The minimum atomic E-state index is -0.0956. The van der Waals surface area contributed by atoms with Crippen molar-refractivity contribution in [3.63, 3.8) is 0 Å². The van der Waals surface area contributed by atoms with Crippen LogP contribution in [-0.2, 0) is 11.2 Å². The molecular weight excluding hydrogens is 340 g/mol. The van der Waals surface area contributed by atoms with Crippen molar-refractivity contribution in [1.82, 2.24) is 15.2 Å². The third kappa shape index (κ3) is 3.46. The van der Waals surface area contributed by atoms with Crippen LogP contribution in [0.25, 0.3) is 21.8 Å². The van der Waals surface area contributed by atoms with Crippen LogP contribution in [0.15, 0.2) is 53.5 Å². The van der Waals surface area contributed by atoms with Crippen LogP contribution < -0.4 is 10.9 Å². The van der Waals surface area contributed by atoms with Crippen molar-refractivity contribution in [3.8, 4) is 0 Å². The minimum Gasteiger partial charge on any atom is -0.326 e. The molecule has 0 aliphatic heterocycles. The first-order chi connectivity index (χ1) is 13.0. The number of hydrogen-bond donors (Lipinski definition) is 3. The fourth-order valence-corrected chi connectivity index (χ4v) is 3.22. The van der Waals surface area contributed by atoms with Gasteiger partial charge in [0.15, 0.2) is 0 Å². The smallest absolute Gasteiger partial charge is 0.251 e. The average Bonchev–Trinajstić information content (AvgIpc) is 3.09. The number of carbonyl (C=O) groups is 1. The molecule has 0 saturated carbocycles. The SMILES string of the molecule is CC(C)c1cc2cc(CC(=O)Nc3ccc4cn[nH]c4c3)ccc2[nH]c1=O. The number of fused-ring (bicyclic) bond motifs is 2. The van der Waals surface area contributed by atoms with Gasteiger partial charge in [-0.15, -0.1) is 0 Å². The Morgan fingerprint density at radius 3 is 2.74 bits per heavy atom. The second kappa shape index (κ2) is 6.72. The molecule has 27 heavy (non-hydrogen) atoms. The standard InChI is InChI=1S/C21H20N4O2/c1-12(2)17-9-15-7-13(3-6-18(15)24-21(17)27)8-20(26)23-16-5-4-14-11-22-25-19(14)10-16/h3-7,9-12H,8H2,1-2H3,(H,22,25)(H,23,26)(H,24,27). The highest BCUT2D eigenvalue weighted by atomic mass is 16.1. The van der Waals surface area contributed by atoms with E-state index in [9.17, 15) is 9.59 Å². The molecule has 0 fully saturated rings. The molecule has 4 rings (SSSR count). The van der Waals surface area contributed by atoms with Gasteiger partial charge in [-0.25, -0.2) is 0 Å². The lowest BCUT2D eigenvalue weighted by atomic mass is 10.0. The number of amides is 1. The van der Waals surface area contributed by atoms with E-state index in [1.807, 2.05) is 56.3 Å². The summed E-state index contributed by atoms with van der Waals surface area (Å²) in [6, 6.07) is 13.2. The molecule has 3 N–H and O–H groups in total. The maximum absolute atomic E-state index is 12.4. The molecule has 136 valence electrons. The number of benzene rings is 2. The number of aromatic nitrogens is 3. The quantitative estimate of drug-likeness (QED) is 0.518. The third-order valence-electron chi connectivity index (χ3n) is 4.65. The normalized spacial score (nSPS) is 11.4. The summed E-state index contributed by atoms with van der Waals surface area (Å²) >= 11 is 0. The number of carbonyl (C=O) groups excluding carboxylic acids is 1. The van der Waals surface area contributed by atoms with E-state index in [4.69, 9.17) is 0 Å². The van der Waals surface area contributed by atoms with E-state index in [0.717, 1.165) is 38.6 Å². The summed E-state index contributed by atoms with van der Waals surface area (Å²) in [6.45, 7) is 3.98. The monoisotopic (exact) mass is 360 g/mol. The Hall–Kier alpha value is -3.41. The van der Waals surface area contributed by atoms with Crippen LogP contribution in [0.2, 0.25) is 0 Å². The minimum absolute atomic E-state index is 0.0582. The van der Waals surface area contributed by atoms with Gasteiger partial charge in [0.1, 0.15) is 0 Å². The van der Waals surface area contributed by atoms with Gasteiger partial charge in [0.25, 0.3) is 5.56 Å². The summed E-state index contributed by atoms with van der Waals surface area (Å²) in [7, 11) is 0. The Bertz CT molecular complexity index is 1200. The fourth-order valence-electron chi connectivity index (χ4n) is 3.22. The first-order valence-corrected chi connectivity index (χ1v) is 8.88. The van der Waals surface area contributed by atoms with Gasteiger partial charge in [-0.2, -0.15) is 5.10 Å². The molecule has 6 nitrogen and oxygen atoms in total. The molecule has 1 amide bonds. The zero-order valence-electron chi connectivity index (χ0n) is 15.2. The van der Waals surface area contributed by atoms with Crippen molar-refractivity contribution >= 4 is 33.4 Å². The molecule has 2 heterocycles. The van der Waals surface area contributed by atoms with E-state index < -0.39 is 0 Å². The molecule has 0 atom stereocenters. The van der Waals surface area contributed by atoms with Gasteiger partial charge >= 0.3 is 0 Å². The van der Waals surface area contributed by atoms with Crippen LogP contribution in [0.5, 0.6) is 0 Å². The molecule has 0 unspecified atom stereocenters. The highest BCUT2D eigenvalue weighted by Crippen LogP contribution is 2.19. The number of aromatic amines is 2. The zero-order chi connectivity index (χ0) is 19.0. The molecule has 0 aliphatic carbocycles. The first kappa shape index (κ1) is 17.0. The second-order valence-corrected chi connectivity index (χ2v) is 7.03. The topological polar surface area (TPSA) is 90.6 Å². The highest BCUT2D eigenvalue weighted by Gasteiger charge is 2.09. The Kier molecular flexibility index (Phi) is 4.24. The second-order valence-electron chi connectivity index (χ2n) is 7.03. The predicted octanol–water partition coefficient (Wildman–Crippen LogP) is 3.71. The predicted molar refractivity (Wildman–Crippen MR) is 107 cm³/mol. The largest absolute Gasteiger partial charge is 0.326 e. The number of nitrogens with zero attached hydrogens (tertiary/aromatic N) is 1. The van der Waals surface area contributed by atoms with Gasteiger partial charge in [-0.05, 0) is 53.3 Å². The Balaban J connectivity index is 1.55. The Morgan fingerprint density at radius 2 is 1.93 bits per heavy atom. The van der Waals surface area contributed by atoms with Crippen LogP contribution in [-0.4, -0.2) is 21.1 Å². The number of hydrogen-bond acceptors (Lipinski definition) is 3. The van der Waals surface area contributed by atoms with Gasteiger partial charge in [0.2, 0.25) is 5.91 Å². The van der Waals surface area contributed by atoms with E-state index >= 15 is 0 Å². The van der Waals surface area contributed by atoms with Gasteiger partial charge in [0, 0.05) is 22.2 Å². The van der Waals surface area contributed by atoms with Crippen molar-refractivity contribution in [3.05, 3.63) is 70.1 Å². The summed E-state index contributed by atoms with van der Waals surface area (Å²) < 4.78 is 0. The molecule has 6 heteroatoms. The van der Waals surface area contributed by atoms with Crippen molar-refractivity contribution in [1.29, 1.82) is 0 Å². The average molecular weight is 360 g/mol. The fraction of sp³-hybridized carbons (Fsp3) is 0.190. The van der Waals surface area contributed by atoms with Gasteiger partial charge in [0.05, 0.1) is 18.1 Å². The van der Waals surface area contributed by atoms with E-state index in [1.54, 1.807) is 6.20 Å². The summed E-state index contributed by atoms with van der Waals surface area (Å²) in [6.07, 6.45) is 2.00. The Morgan fingerprint density at radius 1 is 1.07 bits per heavy atom. The maximum atomic E-state index is 12.4. The van der Waals surface area contributed by atoms with Crippen LogP contribution in [0.1, 0.15) is 30.9 Å². The summed E-state index contributed by atoms with van der Waals surface area (Å²) in [5.74, 6) is 0.0456. The molecule has 0 radical (unpaired) electrons. The molecule has 2 aromatic heterocycles. The van der Waals surface area contributed by atoms with E-state index in [0.29, 0.717) is 0 Å². The van der Waals surface area contributed by atoms with Crippen molar-refractivity contribution in [2.45, 2.75) is 26.2 Å². The lowest BCUT2D eigenvalue weighted by molar-refractivity contribution is -0.115. The van der Waals surface area contributed by atoms with Crippen molar-refractivity contribution < 1.29 is 4.79 Å². The van der Waals surface area contributed by atoms with Gasteiger partial charge in [-0.3, -0.25) is 14.7 Å². The molecule has 0 bridgehead atoms. The molecule has 0 saturated heterocycles. The summed E-state index contributed by atoms with van der Waals surface area (Å²) in [5.41, 5.74) is 3.96. The number of H-pyrrole nitrogens is 2. The van der Waals surface area contributed by atoms with E-state index in [2.05, 4.69) is 20.5 Å². The number of nitrogens with one attached hydrogen (secondary N) is 3. The van der Waals surface area contributed by atoms with Gasteiger partial charge < -0.3 is 10.3 Å². The summed E-state index contributed by atoms with van der Waals surface area (Å²) in [5, 5.41) is 11.7. The summed E-state index contributed by atoms with van der Waals surface area (Å²) in [4.78, 5) is 27.4. The van der Waals surface area contributed by atoms with Crippen LogP contribution in [0, 0.1) is 0 Å². The van der Waals surface area contributed by atoms with Gasteiger partial charge in [-0.1, -0.05) is 19.9 Å². The Labute approximate surface area is 155 Å². The van der Waals surface area contributed by atoms with Crippen molar-refractivity contribution in [2.24, 2.45) is 0 Å². The lowest BCUT2D eigenvalue weighted by Crippen LogP contribution is -2.15. The lowest BCUT2D eigenvalue weighted by Gasteiger charge is -2.09. The highest BCUT2D eigenvalue weighted by molar-refractivity contribution is 5.95. The van der Waals surface area contributed by atoms with Crippen molar-refractivity contribution in [2.75, 3.05) is 5.32 Å². The first-order valence-electron chi connectivity index (χ1n) is 8.88. The molecular formula is C21H20N4O2. The molecule has 0 spiro atoms.